The molecular formula is C3H9BO2S2. The summed E-state index contributed by atoms with van der Waals surface area (Å²) < 4.78 is 9.72. The highest BCUT2D eigenvalue weighted by Gasteiger charge is 2.13. The lowest BCUT2D eigenvalue weighted by Gasteiger charge is -2.02. The zero-order valence-corrected chi connectivity index (χ0v) is 6.84. The van der Waals surface area contributed by atoms with E-state index in [-0.39, 0.29) is 6.40 Å². The Hall–Kier alpha value is 0.685. The van der Waals surface area contributed by atoms with Gasteiger partial charge in [0.25, 0.3) is 0 Å². The molecule has 0 heterocycles. The molecule has 0 spiro atoms. The van der Waals surface area contributed by atoms with Gasteiger partial charge < -0.3 is 9.31 Å². The third-order valence-corrected chi connectivity index (χ3v) is 2.34. The lowest BCUT2D eigenvalue weighted by Crippen LogP contribution is -2.12. The molecule has 0 aromatic heterocycles. The Bertz CT molecular complexity index is 50.5. The van der Waals surface area contributed by atoms with Gasteiger partial charge in [0.05, 0.1) is 0 Å². The Morgan fingerprint density at radius 3 is 1.88 bits per heavy atom. The van der Waals surface area contributed by atoms with Gasteiger partial charge in [-0.25, -0.2) is 0 Å². The summed E-state index contributed by atoms with van der Waals surface area (Å²) >= 11 is 0. The first kappa shape index (κ1) is 8.68. The lowest BCUT2D eigenvalue weighted by atomic mass is 10.4. The van der Waals surface area contributed by atoms with Gasteiger partial charge in [0.2, 0.25) is 0 Å². The van der Waals surface area contributed by atoms with E-state index < -0.39 is 0 Å². The van der Waals surface area contributed by atoms with Crippen molar-refractivity contribution in [3.05, 3.63) is 0 Å². The van der Waals surface area contributed by atoms with E-state index in [0.717, 1.165) is 0 Å². The zero-order chi connectivity index (χ0) is 6.41. The summed E-state index contributed by atoms with van der Waals surface area (Å²) in [6, 6.07) is 0. The van der Waals surface area contributed by atoms with Crippen molar-refractivity contribution in [2.45, 2.75) is 0 Å². The second kappa shape index (κ2) is 5.82. The van der Waals surface area contributed by atoms with E-state index in [2.05, 4.69) is 0 Å². The number of hydrogen-bond donors (Lipinski definition) is 0. The van der Waals surface area contributed by atoms with Crippen molar-refractivity contribution >= 4 is 27.8 Å². The van der Waals surface area contributed by atoms with Crippen molar-refractivity contribution in [3.8, 4) is 0 Å². The maximum atomic E-state index is 4.86. The molecule has 0 aromatic carbocycles. The van der Waals surface area contributed by atoms with Gasteiger partial charge >= 0.3 is 6.40 Å². The summed E-state index contributed by atoms with van der Waals surface area (Å²) in [7, 11) is 6.42. The van der Waals surface area contributed by atoms with Crippen LogP contribution in [0.15, 0.2) is 0 Å². The van der Waals surface area contributed by atoms with Gasteiger partial charge in [-0.2, -0.15) is 0 Å². The molecule has 0 N–H and O–H groups in total. The largest absolute Gasteiger partial charge is 0.542 e. The van der Waals surface area contributed by atoms with E-state index >= 15 is 0 Å². The molecule has 0 aliphatic carbocycles. The SMILES string of the molecule is COB(OC)SSC. The van der Waals surface area contributed by atoms with Gasteiger partial charge in [0.1, 0.15) is 0 Å². The minimum absolute atomic E-state index is 0.120. The maximum absolute atomic E-state index is 4.86. The van der Waals surface area contributed by atoms with Crippen LogP contribution in [0.25, 0.3) is 0 Å². The van der Waals surface area contributed by atoms with Crippen LogP contribution in [0.3, 0.4) is 0 Å². The van der Waals surface area contributed by atoms with Crippen molar-refractivity contribution in [1.82, 2.24) is 0 Å². The smallest absolute Gasteiger partial charge is 0.404 e. The van der Waals surface area contributed by atoms with Crippen LogP contribution in [0.2, 0.25) is 0 Å². The van der Waals surface area contributed by atoms with Crippen LogP contribution in [0.1, 0.15) is 0 Å². The van der Waals surface area contributed by atoms with Crippen molar-refractivity contribution in [3.63, 3.8) is 0 Å². The van der Waals surface area contributed by atoms with E-state index in [0.29, 0.717) is 0 Å². The normalized spacial score (nSPS) is 9.38. The predicted molar refractivity (Wildman–Crippen MR) is 40.9 cm³/mol. The number of rotatable bonds is 4. The molecule has 0 unspecified atom stereocenters. The fourth-order valence-corrected chi connectivity index (χ4v) is 1.51. The average Bonchev–Trinajstić information content (AvgIpc) is 1.83. The van der Waals surface area contributed by atoms with E-state index in [1.165, 1.54) is 0 Å². The van der Waals surface area contributed by atoms with Crippen LogP contribution in [0.5, 0.6) is 0 Å². The van der Waals surface area contributed by atoms with Crippen LogP contribution in [-0.4, -0.2) is 26.9 Å². The van der Waals surface area contributed by atoms with Gasteiger partial charge in [0.15, 0.2) is 0 Å². The Kier molecular flexibility index (Phi) is 6.31. The Balaban J connectivity index is 3.07. The van der Waals surface area contributed by atoms with Gasteiger partial charge in [0, 0.05) is 14.2 Å². The van der Waals surface area contributed by atoms with Gasteiger partial charge in [-0.15, -0.1) is 10.8 Å². The molecule has 0 aliphatic heterocycles. The lowest BCUT2D eigenvalue weighted by molar-refractivity contribution is 0.301. The highest BCUT2D eigenvalue weighted by atomic mass is 33.1. The first-order valence-electron chi connectivity index (χ1n) is 2.10. The minimum atomic E-state index is -0.120. The van der Waals surface area contributed by atoms with Crippen molar-refractivity contribution < 1.29 is 9.31 Å². The fourth-order valence-electron chi connectivity index (χ4n) is 0.253. The van der Waals surface area contributed by atoms with E-state index in [9.17, 15) is 0 Å². The quantitative estimate of drug-likeness (QED) is 0.446. The van der Waals surface area contributed by atoms with E-state index in [1.807, 2.05) is 6.26 Å². The topological polar surface area (TPSA) is 18.5 Å². The van der Waals surface area contributed by atoms with Crippen LogP contribution < -0.4 is 0 Å². The zero-order valence-electron chi connectivity index (χ0n) is 5.21. The first-order valence-corrected chi connectivity index (χ1v) is 4.72. The van der Waals surface area contributed by atoms with Crippen LogP contribution >= 0.6 is 21.4 Å². The summed E-state index contributed by atoms with van der Waals surface area (Å²) in [5.41, 5.74) is 0. The summed E-state index contributed by atoms with van der Waals surface area (Å²) in [6.07, 6.45) is 1.86. The van der Waals surface area contributed by atoms with Crippen molar-refractivity contribution in [1.29, 1.82) is 0 Å². The molecule has 0 radical (unpaired) electrons. The molecule has 0 atom stereocenters. The molecule has 5 heteroatoms. The Morgan fingerprint density at radius 1 is 1.25 bits per heavy atom. The molecule has 48 valence electrons. The van der Waals surface area contributed by atoms with Crippen molar-refractivity contribution in [2.75, 3.05) is 20.5 Å². The van der Waals surface area contributed by atoms with Crippen molar-refractivity contribution in [2.24, 2.45) is 0 Å². The van der Waals surface area contributed by atoms with Gasteiger partial charge in [-0.1, -0.05) is 10.6 Å². The highest BCUT2D eigenvalue weighted by molar-refractivity contribution is 8.85. The number of hydrogen-bond acceptors (Lipinski definition) is 4. The molecule has 0 aliphatic rings. The summed E-state index contributed by atoms with van der Waals surface area (Å²) in [5.74, 6) is 0. The molecule has 8 heavy (non-hydrogen) atoms. The first-order chi connectivity index (χ1) is 3.85. The maximum Gasteiger partial charge on any atom is 0.542 e. The second-order valence-electron chi connectivity index (χ2n) is 1.02. The molecule has 0 aromatic rings. The van der Waals surface area contributed by atoms with Gasteiger partial charge in [-0.3, -0.25) is 0 Å². The average molecular weight is 152 g/mol. The third-order valence-electron chi connectivity index (χ3n) is 0.560. The van der Waals surface area contributed by atoms with E-state index in [4.69, 9.17) is 9.31 Å². The van der Waals surface area contributed by atoms with Crippen LogP contribution in [0, 0.1) is 0 Å². The molecule has 0 amide bonds. The van der Waals surface area contributed by atoms with Gasteiger partial charge in [-0.05, 0) is 6.26 Å². The third kappa shape index (κ3) is 3.66. The second-order valence-corrected chi connectivity index (χ2v) is 3.51. The summed E-state index contributed by atoms with van der Waals surface area (Å²) in [4.78, 5) is 0. The van der Waals surface area contributed by atoms with Crippen LogP contribution in [0.4, 0.5) is 0 Å². The molecule has 0 rings (SSSR count). The fraction of sp³-hybridized carbons (Fsp3) is 1.00. The Morgan fingerprint density at radius 2 is 1.75 bits per heavy atom. The summed E-state index contributed by atoms with van der Waals surface area (Å²) in [5, 5.41) is 0. The molecule has 0 saturated carbocycles. The minimum Gasteiger partial charge on any atom is -0.404 e. The monoisotopic (exact) mass is 152 g/mol. The molecule has 0 bridgehead atoms. The molecule has 0 saturated heterocycles. The molecular weight excluding hydrogens is 143 g/mol. The predicted octanol–water partition coefficient (Wildman–Crippen LogP) is 1.28. The molecule has 0 fully saturated rings. The van der Waals surface area contributed by atoms with E-state index in [1.54, 1.807) is 35.7 Å². The standard InChI is InChI=1S/C3H9BO2S2/c1-5-4(6-2)8-7-3/h1-3H3. The summed E-state index contributed by atoms with van der Waals surface area (Å²) in [6.45, 7) is 0. The Labute approximate surface area is 58.1 Å². The molecule has 2 nitrogen and oxygen atoms in total. The van der Waals surface area contributed by atoms with Crippen LogP contribution in [-0.2, 0) is 9.31 Å². The highest BCUT2D eigenvalue weighted by Crippen LogP contribution is 2.20.